The summed E-state index contributed by atoms with van der Waals surface area (Å²) >= 11 is 0. The Hall–Kier alpha value is -1.47. The first kappa shape index (κ1) is 17.9. The summed E-state index contributed by atoms with van der Waals surface area (Å²) in [6, 6.07) is 5.85. The molecule has 5 nitrogen and oxygen atoms in total. The first-order valence-electron chi connectivity index (χ1n) is 7.93. The van der Waals surface area contributed by atoms with Gasteiger partial charge in [-0.25, -0.2) is 17.1 Å². The molecule has 1 aromatic rings. The van der Waals surface area contributed by atoms with Crippen molar-refractivity contribution in [3.05, 3.63) is 30.1 Å². The number of piperidine rings is 1. The summed E-state index contributed by atoms with van der Waals surface area (Å²) in [5, 5.41) is 0. The van der Waals surface area contributed by atoms with Crippen LogP contribution >= 0.6 is 0 Å². The van der Waals surface area contributed by atoms with Gasteiger partial charge in [0.1, 0.15) is 5.82 Å². The Balaban J connectivity index is 2.04. The van der Waals surface area contributed by atoms with Gasteiger partial charge in [-0.2, -0.15) is 0 Å². The third kappa shape index (κ3) is 4.09. The van der Waals surface area contributed by atoms with Crippen LogP contribution in [0, 0.1) is 11.7 Å². The Morgan fingerprint density at radius 2 is 1.78 bits per heavy atom. The minimum Gasteiger partial charge on any atom is -0.312 e. The Bertz CT molecular complexity index is 638. The maximum atomic E-state index is 13.0. The van der Waals surface area contributed by atoms with E-state index in [2.05, 4.69) is 0 Å². The molecule has 128 valence electrons. The molecule has 1 aliphatic rings. The van der Waals surface area contributed by atoms with E-state index in [4.69, 9.17) is 0 Å². The molecule has 23 heavy (non-hydrogen) atoms. The Morgan fingerprint density at radius 1 is 1.22 bits per heavy atom. The summed E-state index contributed by atoms with van der Waals surface area (Å²) in [4.78, 5) is 14.3. The fourth-order valence-electron chi connectivity index (χ4n) is 2.87. The van der Waals surface area contributed by atoms with Crippen molar-refractivity contribution in [2.24, 2.45) is 5.92 Å². The lowest BCUT2D eigenvalue weighted by atomic mass is 9.96. The van der Waals surface area contributed by atoms with Crippen LogP contribution in [-0.4, -0.2) is 44.0 Å². The summed E-state index contributed by atoms with van der Waals surface area (Å²) in [6.07, 6.45) is 1.05. The quantitative estimate of drug-likeness (QED) is 0.824. The first-order valence-corrected chi connectivity index (χ1v) is 9.54. The molecule has 0 unspecified atom stereocenters. The van der Waals surface area contributed by atoms with Gasteiger partial charge in [0, 0.05) is 31.2 Å². The molecule has 0 radical (unpaired) electrons. The molecule has 0 atom stereocenters. The van der Waals surface area contributed by atoms with Crippen LogP contribution in [0.5, 0.6) is 0 Å². The van der Waals surface area contributed by atoms with Crippen molar-refractivity contribution in [3.8, 4) is 0 Å². The summed E-state index contributed by atoms with van der Waals surface area (Å²) < 4.78 is 38.2. The van der Waals surface area contributed by atoms with Crippen molar-refractivity contribution in [2.45, 2.75) is 26.7 Å². The van der Waals surface area contributed by atoms with Gasteiger partial charge in [0.15, 0.2) is 0 Å². The number of benzene rings is 1. The zero-order chi connectivity index (χ0) is 17.0. The molecule has 0 bridgehead atoms. The third-order valence-corrected chi connectivity index (χ3v) is 6.16. The number of carbonyl (C=O) groups is 1. The van der Waals surface area contributed by atoms with E-state index in [-0.39, 0.29) is 23.4 Å². The highest BCUT2D eigenvalue weighted by molar-refractivity contribution is 7.89. The number of anilines is 1. The second kappa shape index (κ2) is 7.40. The van der Waals surface area contributed by atoms with Gasteiger partial charge in [-0.1, -0.05) is 0 Å². The van der Waals surface area contributed by atoms with Crippen LogP contribution in [0.15, 0.2) is 24.3 Å². The van der Waals surface area contributed by atoms with E-state index in [1.165, 1.54) is 16.4 Å². The van der Waals surface area contributed by atoms with E-state index < -0.39 is 10.0 Å². The minimum atomic E-state index is -3.19. The molecule has 0 aromatic heterocycles. The van der Waals surface area contributed by atoms with Crippen molar-refractivity contribution in [2.75, 3.05) is 30.3 Å². The molecule has 0 saturated carbocycles. The molecule has 0 spiro atoms. The van der Waals surface area contributed by atoms with Crippen molar-refractivity contribution < 1.29 is 17.6 Å². The summed E-state index contributed by atoms with van der Waals surface area (Å²) in [5.41, 5.74) is 0.669. The number of hydrogen-bond acceptors (Lipinski definition) is 3. The molecule has 1 aliphatic heterocycles. The number of hydrogen-bond donors (Lipinski definition) is 0. The highest BCUT2D eigenvalue weighted by atomic mass is 32.2. The standard InChI is InChI=1S/C16H23FN2O3S/c1-3-19(15-7-5-14(17)6-8-15)16(20)13-9-11-18(12-10-13)23(21,22)4-2/h5-8,13H,3-4,9-12H2,1-2H3. The lowest BCUT2D eigenvalue weighted by Gasteiger charge is -2.33. The Labute approximate surface area is 137 Å². The highest BCUT2D eigenvalue weighted by Gasteiger charge is 2.32. The van der Waals surface area contributed by atoms with Crippen LogP contribution in [0.2, 0.25) is 0 Å². The maximum Gasteiger partial charge on any atom is 0.230 e. The topological polar surface area (TPSA) is 57.7 Å². The molecule has 1 amide bonds. The lowest BCUT2D eigenvalue weighted by molar-refractivity contribution is -0.123. The largest absolute Gasteiger partial charge is 0.312 e. The van der Waals surface area contributed by atoms with E-state index in [1.807, 2.05) is 6.92 Å². The molecule has 7 heteroatoms. The van der Waals surface area contributed by atoms with Gasteiger partial charge in [0.2, 0.25) is 15.9 Å². The monoisotopic (exact) mass is 342 g/mol. The molecule has 1 fully saturated rings. The van der Waals surface area contributed by atoms with E-state index >= 15 is 0 Å². The Morgan fingerprint density at radius 3 is 2.26 bits per heavy atom. The highest BCUT2D eigenvalue weighted by Crippen LogP contribution is 2.25. The molecule has 1 saturated heterocycles. The fourth-order valence-corrected chi connectivity index (χ4v) is 4.00. The van der Waals surface area contributed by atoms with Crippen LogP contribution in [0.3, 0.4) is 0 Å². The molecular weight excluding hydrogens is 319 g/mol. The lowest BCUT2D eigenvalue weighted by Crippen LogP contribution is -2.44. The first-order chi connectivity index (χ1) is 10.9. The zero-order valence-electron chi connectivity index (χ0n) is 13.5. The molecule has 0 N–H and O–H groups in total. The predicted octanol–water partition coefficient (Wildman–Crippen LogP) is 2.24. The number of amides is 1. The van der Waals surface area contributed by atoms with E-state index in [1.54, 1.807) is 24.0 Å². The van der Waals surface area contributed by atoms with Crippen LogP contribution in [0.25, 0.3) is 0 Å². The number of carbonyl (C=O) groups excluding carboxylic acids is 1. The summed E-state index contributed by atoms with van der Waals surface area (Å²) in [7, 11) is -3.19. The van der Waals surface area contributed by atoms with Crippen LogP contribution in [-0.2, 0) is 14.8 Å². The number of halogens is 1. The summed E-state index contributed by atoms with van der Waals surface area (Å²) in [6.45, 7) is 4.76. The molecular formula is C16H23FN2O3S. The minimum absolute atomic E-state index is 0.0207. The van der Waals surface area contributed by atoms with Gasteiger partial charge < -0.3 is 4.90 Å². The average Bonchev–Trinajstić information content (AvgIpc) is 2.57. The normalized spacial score (nSPS) is 17.2. The van der Waals surface area contributed by atoms with Crippen LogP contribution < -0.4 is 4.90 Å². The molecule has 2 rings (SSSR count). The number of nitrogens with zero attached hydrogens (tertiary/aromatic N) is 2. The average molecular weight is 342 g/mol. The number of rotatable bonds is 5. The zero-order valence-corrected chi connectivity index (χ0v) is 14.4. The van der Waals surface area contributed by atoms with E-state index in [0.29, 0.717) is 38.2 Å². The summed E-state index contributed by atoms with van der Waals surface area (Å²) in [5.74, 6) is -0.464. The van der Waals surface area contributed by atoms with Gasteiger partial charge >= 0.3 is 0 Å². The molecule has 1 aromatic carbocycles. The second-order valence-electron chi connectivity index (χ2n) is 5.63. The molecule has 1 heterocycles. The fraction of sp³-hybridized carbons (Fsp3) is 0.562. The van der Waals surface area contributed by atoms with E-state index in [9.17, 15) is 17.6 Å². The van der Waals surface area contributed by atoms with Crippen LogP contribution in [0.4, 0.5) is 10.1 Å². The van der Waals surface area contributed by atoms with E-state index in [0.717, 1.165) is 0 Å². The van der Waals surface area contributed by atoms with Crippen molar-refractivity contribution in [3.63, 3.8) is 0 Å². The van der Waals surface area contributed by atoms with Gasteiger partial charge in [-0.05, 0) is 51.0 Å². The Kier molecular flexibility index (Phi) is 5.75. The molecule has 0 aliphatic carbocycles. The maximum absolute atomic E-state index is 13.0. The SMILES string of the molecule is CCN(C(=O)C1CCN(S(=O)(=O)CC)CC1)c1ccc(F)cc1. The third-order valence-electron chi connectivity index (χ3n) is 4.28. The van der Waals surface area contributed by atoms with Crippen LogP contribution in [0.1, 0.15) is 26.7 Å². The van der Waals surface area contributed by atoms with Gasteiger partial charge in [0.05, 0.1) is 5.75 Å². The van der Waals surface area contributed by atoms with Gasteiger partial charge in [-0.15, -0.1) is 0 Å². The predicted molar refractivity (Wildman–Crippen MR) is 88.2 cm³/mol. The van der Waals surface area contributed by atoms with Crippen molar-refractivity contribution >= 4 is 21.6 Å². The smallest absolute Gasteiger partial charge is 0.230 e. The second-order valence-corrected chi connectivity index (χ2v) is 7.89. The number of sulfonamides is 1. The van der Waals surface area contributed by atoms with Crippen molar-refractivity contribution in [1.29, 1.82) is 0 Å². The van der Waals surface area contributed by atoms with Crippen molar-refractivity contribution in [1.82, 2.24) is 4.31 Å². The van der Waals surface area contributed by atoms with Gasteiger partial charge in [0.25, 0.3) is 0 Å². The van der Waals surface area contributed by atoms with Gasteiger partial charge in [-0.3, -0.25) is 4.79 Å².